The molecule has 0 aromatic rings. The van der Waals surface area contributed by atoms with Crippen LogP contribution in [0.25, 0.3) is 0 Å². The summed E-state index contributed by atoms with van der Waals surface area (Å²) in [7, 11) is 0. The predicted octanol–water partition coefficient (Wildman–Crippen LogP) is 4.92. The van der Waals surface area contributed by atoms with Crippen LogP contribution in [0.2, 0.25) is 0 Å². The van der Waals surface area contributed by atoms with Crippen molar-refractivity contribution in [3.05, 3.63) is 85.6 Å². The second-order valence-electron chi connectivity index (χ2n) is 3.00. The van der Waals surface area contributed by atoms with Crippen LogP contribution in [-0.4, -0.2) is 0 Å². The number of hydrogen-bond donors (Lipinski definition) is 0. The first-order valence-electron chi connectivity index (χ1n) is 5.52. The van der Waals surface area contributed by atoms with Crippen LogP contribution in [0.3, 0.4) is 0 Å². The number of rotatable bonds is 7. The molecule has 0 fully saturated rings. The Labute approximate surface area is 99.4 Å². The Hall–Kier alpha value is -1.82. The van der Waals surface area contributed by atoms with Gasteiger partial charge in [-0.15, -0.1) is 0 Å². The second kappa shape index (κ2) is 13.2. The van der Waals surface area contributed by atoms with E-state index in [9.17, 15) is 0 Å². The van der Waals surface area contributed by atoms with Crippen molar-refractivity contribution in [3.63, 3.8) is 0 Å². The molecule has 0 aliphatic carbocycles. The third-order valence-corrected chi connectivity index (χ3v) is 1.62. The summed E-state index contributed by atoms with van der Waals surface area (Å²) in [6, 6.07) is 0. The van der Waals surface area contributed by atoms with Crippen molar-refractivity contribution in [2.75, 3.05) is 0 Å². The summed E-state index contributed by atoms with van der Waals surface area (Å²) in [5, 5.41) is 0. The largest absolute Gasteiger partial charge is 0.0991 e. The molecule has 0 aromatic heterocycles. The van der Waals surface area contributed by atoms with Gasteiger partial charge in [0.25, 0.3) is 0 Å². The zero-order valence-corrected chi connectivity index (χ0v) is 9.92. The van der Waals surface area contributed by atoms with Crippen LogP contribution in [0.5, 0.6) is 0 Å². The normalized spacial score (nSPS) is 13.6. The van der Waals surface area contributed by atoms with Crippen molar-refractivity contribution in [3.8, 4) is 0 Å². The van der Waals surface area contributed by atoms with E-state index in [1.165, 1.54) is 0 Å². The van der Waals surface area contributed by atoms with Gasteiger partial charge >= 0.3 is 0 Å². The van der Waals surface area contributed by atoms with Crippen molar-refractivity contribution in [2.45, 2.75) is 13.3 Å². The van der Waals surface area contributed by atoms with Crippen LogP contribution in [-0.2, 0) is 0 Å². The van der Waals surface area contributed by atoms with Crippen molar-refractivity contribution in [2.24, 2.45) is 0 Å². The molecule has 0 heteroatoms. The van der Waals surface area contributed by atoms with Crippen LogP contribution in [0.4, 0.5) is 0 Å². The predicted molar refractivity (Wildman–Crippen MR) is 75.3 cm³/mol. The monoisotopic (exact) mass is 212 g/mol. The molecule has 0 unspecified atom stereocenters. The highest BCUT2D eigenvalue weighted by molar-refractivity contribution is 5.20. The van der Waals surface area contributed by atoms with Crippen LogP contribution >= 0.6 is 0 Å². The van der Waals surface area contributed by atoms with Gasteiger partial charge in [-0.3, -0.25) is 0 Å². The fourth-order valence-corrected chi connectivity index (χ4v) is 0.871. The molecule has 0 rings (SSSR count). The van der Waals surface area contributed by atoms with Crippen molar-refractivity contribution < 1.29 is 0 Å². The Morgan fingerprint density at radius 2 is 1.00 bits per heavy atom. The topological polar surface area (TPSA) is 0 Å². The summed E-state index contributed by atoms with van der Waals surface area (Å²) < 4.78 is 0. The number of allylic oxidation sites excluding steroid dienone is 13. The average molecular weight is 212 g/mol. The first-order valence-corrected chi connectivity index (χ1v) is 5.52. The molecule has 0 nitrogen and oxygen atoms in total. The fraction of sp³-hybridized carbons (Fsp3) is 0.125. The van der Waals surface area contributed by atoms with Crippen LogP contribution in [0.15, 0.2) is 85.6 Å². The third kappa shape index (κ3) is 12.2. The van der Waals surface area contributed by atoms with Gasteiger partial charge in [-0.1, -0.05) is 92.5 Å². The maximum absolute atomic E-state index is 3.59. The van der Waals surface area contributed by atoms with E-state index in [1.54, 1.807) is 6.08 Å². The fourth-order valence-electron chi connectivity index (χ4n) is 0.871. The molecule has 0 aliphatic rings. The lowest BCUT2D eigenvalue weighted by molar-refractivity contribution is 1.22. The summed E-state index contributed by atoms with van der Waals surface area (Å²) in [6.45, 7) is 5.71. The summed E-state index contributed by atoms with van der Waals surface area (Å²) in [6.07, 6.45) is 26.8. The van der Waals surface area contributed by atoms with Gasteiger partial charge in [0.1, 0.15) is 0 Å². The van der Waals surface area contributed by atoms with E-state index in [-0.39, 0.29) is 0 Å². The maximum Gasteiger partial charge on any atom is -0.0376 e. The highest BCUT2D eigenvalue weighted by atomic mass is 13.7. The van der Waals surface area contributed by atoms with Crippen LogP contribution in [0.1, 0.15) is 13.3 Å². The molecule has 0 radical (unpaired) electrons. The summed E-state index contributed by atoms with van der Waals surface area (Å²) in [5.74, 6) is 0. The van der Waals surface area contributed by atoms with Gasteiger partial charge in [0.15, 0.2) is 0 Å². The Morgan fingerprint density at radius 1 is 0.625 bits per heavy atom. The smallest absolute Gasteiger partial charge is 0.0376 e. The van der Waals surface area contributed by atoms with Crippen LogP contribution < -0.4 is 0 Å². The zero-order valence-electron chi connectivity index (χ0n) is 9.92. The van der Waals surface area contributed by atoms with Gasteiger partial charge in [-0.25, -0.2) is 0 Å². The first kappa shape index (κ1) is 14.2. The van der Waals surface area contributed by atoms with E-state index < -0.39 is 0 Å². The molecule has 0 aliphatic heterocycles. The molecule has 0 saturated heterocycles. The molecular weight excluding hydrogens is 192 g/mol. The van der Waals surface area contributed by atoms with Gasteiger partial charge in [0, 0.05) is 0 Å². The van der Waals surface area contributed by atoms with Gasteiger partial charge in [-0.2, -0.15) is 0 Å². The van der Waals surface area contributed by atoms with E-state index in [0.717, 1.165) is 6.42 Å². The van der Waals surface area contributed by atoms with Gasteiger partial charge in [0.2, 0.25) is 0 Å². The summed E-state index contributed by atoms with van der Waals surface area (Å²) in [4.78, 5) is 0. The molecule has 0 spiro atoms. The minimum Gasteiger partial charge on any atom is -0.0991 e. The summed E-state index contributed by atoms with van der Waals surface area (Å²) >= 11 is 0. The second-order valence-corrected chi connectivity index (χ2v) is 3.00. The van der Waals surface area contributed by atoms with E-state index in [1.807, 2.05) is 66.8 Å². The molecular formula is C16H20. The molecule has 0 aromatic carbocycles. The minimum absolute atomic E-state index is 1.08. The molecule has 0 N–H and O–H groups in total. The quantitative estimate of drug-likeness (QED) is 0.525. The Bertz CT molecular complexity index is 320. The Morgan fingerprint density at radius 3 is 1.38 bits per heavy atom. The van der Waals surface area contributed by atoms with Gasteiger partial charge in [-0.05, 0) is 6.42 Å². The lowest BCUT2D eigenvalue weighted by Crippen LogP contribution is -1.53. The van der Waals surface area contributed by atoms with Gasteiger partial charge < -0.3 is 0 Å². The highest BCUT2D eigenvalue weighted by Gasteiger charge is 1.64. The molecule has 0 bridgehead atoms. The SMILES string of the molecule is C=C/C=C/C=C/C=C/C=C/C=C/C=C/CC. The van der Waals surface area contributed by atoms with Crippen molar-refractivity contribution in [1.82, 2.24) is 0 Å². The Balaban J connectivity index is 3.74. The lowest BCUT2D eigenvalue weighted by atomic mass is 10.3. The lowest BCUT2D eigenvalue weighted by Gasteiger charge is -1.75. The van der Waals surface area contributed by atoms with E-state index in [4.69, 9.17) is 0 Å². The zero-order chi connectivity index (χ0) is 11.9. The Kier molecular flexibility index (Phi) is 11.7. The van der Waals surface area contributed by atoms with E-state index in [0.29, 0.717) is 0 Å². The minimum atomic E-state index is 1.08. The van der Waals surface area contributed by atoms with E-state index >= 15 is 0 Å². The van der Waals surface area contributed by atoms with Crippen LogP contribution in [0, 0.1) is 0 Å². The average Bonchev–Trinajstić information content (AvgIpc) is 2.31. The van der Waals surface area contributed by atoms with Crippen molar-refractivity contribution in [1.29, 1.82) is 0 Å². The molecule has 16 heavy (non-hydrogen) atoms. The molecule has 0 amide bonds. The molecule has 0 saturated carbocycles. The summed E-state index contributed by atoms with van der Waals surface area (Å²) in [5.41, 5.74) is 0. The number of hydrogen-bond acceptors (Lipinski definition) is 0. The molecule has 0 heterocycles. The molecule has 84 valence electrons. The van der Waals surface area contributed by atoms with Gasteiger partial charge in [0.05, 0.1) is 0 Å². The molecule has 0 atom stereocenters. The highest BCUT2D eigenvalue weighted by Crippen LogP contribution is 1.85. The third-order valence-electron chi connectivity index (χ3n) is 1.62. The maximum atomic E-state index is 3.59. The van der Waals surface area contributed by atoms with E-state index in [2.05, 4.69) is 19.6 Å². The van der Waals surface area contributed by atoms with Crippen molar-refractivity contribution >= 4 is 0 Å². The first-order chi connectivity index (χ1) is 7.91. The standard InChI is InChI=1S/C16H20/c1-3-5-7-9-11-13-15-16-14-12-10-8-6-4-2/h3,5-16H,1,4H2,2H3/b7-5+,8-6+,11-9+,12-10+,15-13+,16-14+.